The van der Waals surface area contributed by atoms with Gasteiger partial charge < -0.3 is 10.6 Å². The van der Waals surface area contributed by atoms with Crippen LogP contribution >= 0.6 is 11.8 Å². The molecule has 1 aromatic carbocycles. The van der Waals surface area contributed by atoms with Crippen LogP contribution in [0, 0.1) is 0 Å². The molecule has 4 aromatic rings. The molecular formula is C17H17N9S. The van der Waals surface area contributed by atoms with Crippen molar-refractivity contribution in [3.8, 4) is 5.69 Å². The van der Waals surface area contributed by atoms with Crippen molar-refractivity contribution in [2.45, 2.75) is 10.8 Å². The van der Waals surface area contributed by atoms with Crippen molar-refractivity contribution in [3.63, 3.8) is 0 Å². The van der Waals surface area contributed by atoms with E-state index in [4.69, 9.17) is 5.73 Å². The molecule has 0 spiro atoms. The molecule has 3 aromatic heterocycles. The van der Waals surface area contributed by atoms with Gasteiger partial charge in [-0.2, -0.15) is 20.1 Å². The van der Waals surface area contributed by atoms with Crippen LogP contribution in [-0.2, 0) is 5.75 Å². The first kappa shape index (κ1) is 17.2. The highest BCUT2D eigenvalue weighted by Crippen LogP contribution is 2.27. The molecular weight excluding hydrogens is 362 g/mol. The molecule has 136 valence electrons. The third-order valence-corrected chi connectivity index (χ3v) is 4.76. The van der Waals surface area contributed by atoms with E-state index in [0.29, 0.717) is 17.5 Å². The van der Waals surface area contributed by atoms with Crippen LogP contribution in [0.5, 0.6) is 0 Å². The summed E-state index contributed by atoms with van der Waals surface area (Å²) in [5.41, 5.74) is 7.49. The molecule has 2 N–H and O–H groups in total. The van der Waals surface area contributed by atoms with E-state index in [0.717, 1.165) is 21.7 Å². The van der Waals surface area contributed by atoms with Gasteiger partial charge in [0, 0.05) is 14.1 Å². The van der Waals surface area contributed by atoms with Crippen LogP contribution in [0.3, 0.4) is 0 Å². The molecule has 0 saturated carbocycles. The van der Waals surface area contributed by atoms with Crippen molar-refractivity contribution in [1.82, 2.24) is 34.7 Å². The zero-order valence-corrected chi connectivity index (χ0v) is 15.6. The van der Waals surface area contributed by atoms with E-state index >= 15 is 0 Å². The molecule has 3 heterocycles. The number of rotatable bonds is 5. The molecule has 9 nitrogen and oxygen atoms in total. The second-order valence-corrected chi connectivity index (χ2v) is 6.87. The Kier molecular flexibility index (Phi) is 4.55. The number of anilines is 2. The molecule has 0 bridgehead atoms. The standard InChI is InChI=1S/C17H17N9S/c1-25(2)17-23-13(22-16(18)24-17)9-27-15-12-8-21-26(14(12)19-10-20-15)11-6-4-3-5-7-11/h3-8,10H,9H2,1-2H3,(H2,18,22,23,24). The Labute approximate surface area is 159 Å². The molecule has 4 rings (SSSR count). The molecule has 0 atom stereocenters. The molecule has 0 aliphatic heterocycles. The summed E-state index contributed by atoms with van der Waals surface area (Å²) < 4.78 is 1.80. The number of nitrogens with two attached hydrogens (primary N) is 1. The fourth-order valence-corrected chi connectivity index (χ4v) is 3.33. The van der Waals surface area contributed by atoms with Crippen molar-refractivity contribution in [1.29, 1.82) is 0 Å². The smallest absolute Gasteiger partial charge is 0.229 e. The maximum absolute atomic E-state index is 5.79. The van der Waals surface area contributed by atoms with Crippen LogP contribution in [-0.4, -0.2) is 48.8 Å². The lowest BCUT2D eigenvalue weighted by atomic mass is 10.3. The number of nitrogen functional groups attached to an aromatic ring is 1. The molecule has 27 heavy (non-hydrogen) atoms. The Morgan fingerprint density at radius 3 is 2.67 bits per heavy atom. The van der Waals surface area contributed by atoms with E-state index in [9.17, 15) is 0 Å². The SMILES string of the molecule is CN(C)c1nc(N)nc(CSc2ncnc3c2cnn3-c2ccccc2)n1. The monoisotopic (exact) mass is 379 g/mol. The Morgan fingerprint density at radius 1 is 1.07 bits per heavy atom. The number of nitrogens with zero attached hydrogens (tertiary/aromatic N) is 8. The van der Waals surface area contributed by atoms with Crippen LogP contribution in [0.4, 0.5) is 11.9 Å². The van der Waals surface area contributed by atoms with Crippen LogP contribution in [0.1, 0.15) is 5.82 Å². The lowest BCUT2D eigenvalue weighted by Crippen LogP contribution is -2.15. The van der Waals surface area contributed by atoms with E-state index < -0.39 is 0 Å². The molecule has 0 aliphatic carbocycles. The average molecular weight is 379 g/mol. The molecule has 0 fully saturated rings. The summed E-state index contributed by atoms with van der Waals surface area (Å²) in [6.07, 6.45) is 3.32. The van der Waals surface area contributed by atoms with Gasteiger partial charge in [0.1, 0.15) is 17.2 Å². The van der Waals surface area contributed by atoms with Gasteiger partial charge in [-0.05, 0) is 12.1 Å². The first-order valence-electron chi connectivity index (χ1n) is 8.16. The maximum Gasteiger partial charge on any atom is 0.229 e. The summed E-state index contributed by atoms with van der Waals surface area (Å²) in [5, 5.41) is 6.15. The zero-order valence-electron chi connectivity index (χ0n) is 14.8. The Balaban J connectivity index is 1.63. The number of para-hydroxylation sites is 1. The quantitative estimate of drug-likeness (QED) is 0.410. The van der Waals surface area contributed by atoms with Gasteiger partial charge in [-0.15, -0.1) is 0 Å². The second-order valence-electron chi connectivity index (χ2n) is 5.90. The summed E-state index contributed by atoms with van der Waals surface area (Å²) in [7, 11) is 3.72. The van der Waals surface area contributed by atoms with Gasteiger partial charge in [0.15, 0.2) is 5.65 Å². The number of fused-ring (bicyclic) bond motifs is 1. The molecule has 0 aliphatic rings. The van der Waals surface area contributed by atoms with Gasteiger partial charge in [-0.3, -0.25) is 0 Å². The lowest BCUT2D eigenvalue weighted by molar-refractivity contribution is 0.893. The summed E-state index contributed by atoms with van der Waals surface area (Å²) in [6, 6.07) is 9.86. The van der Waals surface area contributed by atoms with Gasteiger partial charge in [0.2, 0.25) is 11.9 Å². The third-order valence-electron chi connectivity index (χ3n) is 3.76. The number of benzene rings is 1. The largest absolute Gasteiger partial charge is 0.368 e. The van der Waals surface area contributed by atoms with Gasteiger partial charge in [-0.25, -0.2) is 14.6 Å². The first-order chi connectivity index (χ1) is 13.1. The number of thioether (sulfide) groups is 1. The minimum atomic E-state index is 0.203. The van der Waals surface area contributed by atoms with Crippen LogP contribution in [0.15, 0.2) is 47.9 Å². The molecule has 0 radical (unpaired) electrons. The van der Waals surface area contributed by atoms with E-state index in [1.54, 1.807) is 22.1 Å². The van der Waals surface area contributed by atoms with E-state index in [1.165, 1.54) is 11.8 Å². The number of aromatic nitrogens is 7. The first-order valence-corrected chi connectivity index (χ1v) is 9.15. The van der Waals surface area contributed by atoms with Gasteiger partial charge in [0.05, 0.1) is 23.0 Å². The van der Waals surface area contributed by atoms with Crippen molar-refractivity contribution in [2.24, 2.45) is 0 Å². The van der Waals surface area contributed by atoms with E-state index in [-0.39, 0.29) is 5.95 Å². The predicted molar refractivity (Wildman–Crippen MR) is 105 cm³/mol. The average Bonchev–Trinajstić information content (AvgIpc) is 3.11. The van der Waals surface area contributed by atoms with Crippen molar-refractivity contribution in [2.75, 3.05) is 24.7 Å². The van der Waals surface area contributed by atoms with Crippen molar-refractivity contribution in [3.05, 3.63) is 48.7 Å². The summed E-state index contributed by atoms with van der Waals surface area (Å²) in [4.78, 5) is 23.3. The molecule has 0 amide bonds. The minimum absolute atomic E-state index is 0.203. The molecule has 0 unspecified atom stereocenters. The maximum atomic E-state index is 5.79. The predicted octanol–water partition coefficient (Wildman–Crippen LogP) is 1.94. The van der Waals surface area contributed by atoms with Crippen LogP contribution in [0.2, 0.25) is 0 Å². The summed E-state index contributed by atoms with van der Waals surface area (Å²) in [6.45, 7) is 0. The third kappa shape index (κ3) is 3.51. The normalized spacial score (nSPS) is 11.0. The Morgan fingerprint density at radius 2 is 1.89 bits per heavy atom. The van der Waals surface area contributed by atoms with Crippen molar-refractivity contribution < 1.29 is 0 Å². The zero-order chi connectivity index (χ0) is 18.8. The molecule has 0 saturated heterocycles. The molecule has 10 heteroatoms. The topological polar surface area (TPSA) is 112 Å². The Hall–Kier alpha value is -3.27. The fourth-order valence-electron chi connectivity index (χ4n) is 2.52. The lowest BCUT2D eigenvalue weighted by Gasteiger charge is -2.11. The Bertz CT molecular complexity index is 1080. The summed E-state index contributed by atoms with van der Waals surface area (Å²) >= 11 is 1.51. The summed E-state index contributed by atoms with van der Waals surface area (Å²) in [5.74, 6) is 1.84. The van der Waals surface area contributed by atoms with Crippen LogP contribution in [0.25, 0.3) is 16.7 Å². The van der Waals surface area contributed by atoms with Crippen LogP contribution < -0.4 is 10.6 Å². The number of hydrogen-bond donors (Lipinski definition) is 1. The number of hydrogen-bond acceptors (Lipinski definition) is 9. The fraction of sp³-hybridized carbons (Fsp3) is 0.176. The highest BCUT2D eigenvalue weighted by atomic mass is 32.2. The van der Waals surface area contributed by atoms with Gasteiger partial charge in [0.25, 0.3) is 0 Å². The second kappa shape index (κ2) is 7.16. The van der Waals surface area contributed by atoms with E-state index in [2.05, 4.69) is 30.0 Å². The van der Waals surface area contributed by atoms with Crippen molar-refractivity contribution >= 4 is 34.7 Å². The van der Waals surface area contributed by atoms with Gasteiger partial charge >= 0.3 is 0 Å². The van der Waals surface area contributed by atoms with Gasteiger partial charge in [-0.1, -0.05) is 30.0 Å². The highest BCUT2D eigenvalue weighted by molar-refractivity contribution is 7.98. The highest BCUT2D eigenvalue weighted by Gasteiger charge is 2.13. The van der Waals surface area contributed by atoms with E-state index in [1.807, 2.05) is 44.4 Å². The minimum Gasteiger partial charge on any atom is -0.368 e.